The molecular formula is C12H15N3O3. The fraction of sp³-hybridized carbons (Fsp3) is 0.583. The van der Waals surface area contributed by atoms with Crippen molar-refractivity contribution in [1.82, 2.24) is 9.97 Å². The summed E-state index contributed by atoms with van der Waals surface area (Å²) in [5.41, 5.74) is -0.0185. The zero-order valence-electron chi connectivity index (χ0n) is 9.95. The first-order valence-electron chi connectivity index (χ1n) is 6.19. The van der Waals surface area contributed by atoms with E-state index in [1.807, 2.05) is 0 Å². The number of ether oxygens (including phenoxy) is 1. The number of aromatic nitrogens is 2. The van der Waals surface area contributed by atoms with Crippen molar-refractivity contribution in [3.63, 3.8) is 0 Å². The molecule has 1 saturated carbocycles. The van der Waals surface area contributed by atoms with E-state index in [-0.39, 0.29) is 5.69 Å². The molecule has 1 aromatic rings. The van der Waals surface area contributed by atoms with Crippen molar-refractivity contribution in [2.24, 2.45) is 0 Å². The maximum absolute atomic E-state index is 10.7. The summed E-state index contributed by atoms with van der Waals surface area (Å²) in [4.78, 5) is 21.1. The number of morpholine rings is 1. The Labute approximate surface area is 105 Å². The van der Waals surface area contributed by atoms with E-state index in [1.165, 1.54) is 12.6 Å². The van der Waals surface area contributed by atoms with E-state index >= 15 is 0 Å². The molecule has 2 fully saturated rings. The highest BCUT2D eigenvalue weighted by molar-refractivity contribution is 5.84. The third-order valence-corrected chi connectivity index (χ3v) is 3.63. The molecule has 0 aromatic carbocycles. The Morgan fingerprint density at radius 2 is 2.28 bits per heavy atom. The molecule has 0 bridgehead atoms. The highest BCUT2D eigenvalue weighted by Crippen LogP contribution is 2.31. The first kappa shape index (κ1) is 11.4. The molecule has 1 N–H and O–H groups in total. The third kappa shape index (κ3) is 1.92. The lowest BCUT2D eigenvalue weighted by atomic mass is 10.1. The van der Waals surface area contributed by atoms with Gasteiger partial charge in [0.15, 0.2) is 5.69 Å². The van der Waals surface area contributed by atoms with E-state index in [2.05, 4.69) is 14.9 Å². The third-order valence-electron chi connectivity index (χ3n) is 3.63. The molecule has 6 heteroatoms. The smallest absolute Gasteiger partial charge is 0.356 e. The molecule has 0 amide bonds. The topological polar surface area (TPSA) is 75.5 Å². The van der Waals surface area contributed by atoms with Crippen molar-refractivity contribution in [2.45, 2.75) is 31.4 Å². The first-order valence-corrected chi connectivity index (χ1v) is 6.19. The van der Waals surface area contributed by atoms with Gasteiger partial charge in [-0.15, -0.1) is 0 Å². The van der Waals surface area contributed by atoms with Crippen LogP contribution in [0.15, 0.2) is 12.4 Å². The number of hydrogen-bond acceptors (Lipinski definition) is 5. The average Bonchev–Trinajstić information content (AvgIpc) is 2.87. The number of carboxylic acids is 1. The van der Waals surface area contributed by atoms with Gasteiger partial charge in [0, 0.05) is 6.54 Å². The second-order valence-electron chi connectivity index (χ2n) is 4.67. The van der Waals surface area contributed by atoms with Gasteiger partial charge in [-0.1, -0.05) is 0 Å². The maximum atomic E-state index is 10.7. The Morgan fingerprint density at radius 3 is 3.00 bits per heavy atom. The molecule has 96 valence electrons. The minimum Gasteiger partial charge on any atom is -0.476 e. The number of hydrogen-bond donors (Lipinski definition) is 1. The van der Waals surface area contributed by atoms with Gasteiger partial charge >= 0.3 is 5.97 Å². The van der Waals surface area contributed by atoms with Crippen molar-refractivity contribution in [3.8, 4) is 0 Å². The van der Waals surface area contributed by atoms with Crippen LogP contribution in [-0.2, 0) is 4.74 Å². The molecule has 18 heavy (non-hydrogen) atoms. The van der Waals surface area contributed by atoms with Gasteiger partial charge in [0.1, 0.15) is 5.82 Å². The van der Waals surface area contributed by atoms with Crippen molar-refractivity contribution in [3.05, 3.63) is 18.1 Å². The Hall–Kier alpha value is -1.69. The summed E-state index contributed by atoms with van der Waals surface area (Å²) in [6.45, 7) is 1.49. The summed E-state index contributed by atoms with van der Waals surface area (Å²) in [7, 11) is 0. The Bertz CT molecular complexity index is 448. The van der Waals surface area contributed by atoms with E-state index in [0.717, 1.165) is 25.2 Å². The summed E-state index contributed by atoms with van der Waals surface area (Å²) in [6, 6.07) is 0.365. The lowest BCUT2D eigenvalue weighted by Crippen LogP contribution is -2.49. The van der Waals surface area contributed by atoms with E-state index in [0.29, 0.717) is 18.8 Å². The Balaban J connectivity index is 1.82. The van der Waals surface area contributed by atoms with Crippen LogP contribution in [-0.4, -0.2) is 46.3 Å². The highest BCUT2D eigenvalue weighted by atomic mass is 16.5. The van der Waals surface area contributed by atoms with Gasteiger partial charge < -0.3 is 14.7 Å². The van der Waals surface area contributed by atoms with Gasteiger partial charge in [0.05, 0.1) is 31.1 Å². The predicted octanol–water partition coefficient (Wildman–Crippen LogP) is 0.933. The SMILES string of the molecule is O=C(O)c1cnc(N2CCO[C@H]3CCC[C@H]32)cn1. The molecule has 2 aliphatic rings. The van der Waals surface area contributed by atoms with Crippen LogP contribution in [0.4, 0.5) is 5.82 Å². The Kier molecular flexibility index (Phi) is 2.87. The molecule has 6 nitrogen and oxygen atoms in total. The number of aromatic carboxylic acids is 1. The minimum atomic E-state index is -1.05. The van der Waals surface area contributed by atoms with Crippen LogP contribution in [0.25, 0.3) is 0 Å². The number of carbonyl (C=O) groups is 1. The van der Waals surface area contributed by atoms with Crippen molar-refractivity contribution >= 4 is 11.8 Å². The summed E-state index contributed by atoms with van der Waals surface area (Å²) in [5.74, 6) is -0.296. The molecule has 1 aromatic heterocycles. The molecule has 0 radical (unpaired) electrons. The van der Waals surface area contributed by atoms with Gasteiger partial charge in [-0.25, -0.2) is 14.8 Å². The van der Waals surface area contributed by atoms with Gasteiger partial charge in [0.25, 0.3) is 0 Å². The standard InChI is InChI=1S/C12H15N3O3/c16-12(17)8-6-14-11(7-13-8)15-4-5-18-10-3-1-2-9(10)15/h6-7,9-10H,1-5H2,(H,16,17)/t9-,10+/m1/s1. The highest BCUT2D eigenvalue weighted by Gasteiger charge is 2.36. The maximum Gasteiger partial charge on any atom is 0.356 e. The monoisotopic (exact) mass is 249 g/mol. The summed E-state index contributed by atoms with van der Waals surface area (Å²) in [6.07, 6.45) is 6.53. The van der Waals surface area contributed by atoms with Crippen LogP contribution in [0, 0.1) is 0 Å². The molecule has 3 rings (SSSR count). The molecule has 1 saturated heterocycles. The number of anilines is 1. The quantitative estimate of drug-likeness (QED) is 0.840. The average molecular weight is 249 g/mol. The van der Waals surface area contributed by atoms with Gasteiger partial charge in [-0.05, 0) is 19.3 Å². The molecule has 0 spiro atoms. The molecule has 1 aliphatic carbocycles. The van der Waals surface area contributed by atoms with Crippen molar-refractivity contribution in [2.75, 3.05) is 18.1 Å². The number of fused-ring (bicyclic) bond motifs is 1. The van der Waals surface area contributed by atoms with Crippen LogP contribution in [0.2, 0.25) is 0 Å². The van der Waals surface area contributed by atoms with Crippen LogP contribution < -0.4 is 4.90 Å². The summed E-state index contributed by atoms with van der Waals surface area (Å²) in [5, 5.41) is 8.80. The Morgan fingerprint density at radius 1 is 1.39 bits per heavy atom. The van der Waals surface area contributed by atoms with Crippen molar-refractivity contribution < 1.29 is 14.6 Å². The van der Waals surface area contributed by atoms with E-state index in [9.17, 15) is 4.79 Å². The lowest BCUT2D eigenvalue weighted by molar-refractivity contribution is 0.0253. The lowest BCUT2D eigenvalue weighted by Gasteiger charge is -2.38. The van der Waals surface area contributed by atoms with Crippen LogP contribution in [0.1, 0.15) is 29.8 Å². The number of rotatable bonds is 2. The zero-order valence-corrected chi connectivity index (χ0v) is 9.95. The first-order chi connectivity index (χ1) is 8.75. The minimum absolute atomic E-state index is 0.0185. The van der Waals surface area contributed by atoms with Crippen molar-refractivity contribution in [1.29, 1.82) is 0 Å². The predicted molar refractivity (Wildman–Crippen MR) is 63.7 cm³/mol. The molecular weight excluding hydrogens is 234 g/mol. The fourth-order valence-electron chi connectivity index (χ4n) is 2.79. The van der Waals surface area contributed by atoms with Gasteiger partial charge in [-0.3, -0.25) is 0 Å². The largest absolute Gasteiger partial charge is 0.476 e. The molecule has 1 aliphatic heterocycles. The number of carboxylic acid groups (broad SMARTS) is 1. The second kappa shape index (κ2) is 4.53. The molecule has 2 atom stereocenters. The molecule has 0 unspecified atom stereocenters. The summed E-state index contributed by atoms with van der Waals surface area (Å²) >= 11 is 0. The fourth-order valence-corrected chi connectivity index (χ4v) is 2.79. The normalized spacial score (nSPS) is 27.0. The van der Waals surface area contributed by atoms with Crippen LogP contribution in [0.5, 0.6) is 0 Å². The zero-order chi connectivity index (χ0) is 12.5. The van der Waals surface area contributed by atoms with Gasteiger partial charge in [0.2, 0.25) is 0 Å². The number of nitrogens with zero attached hydrogens (tertiary/aromatic N) is 3. The van der Waals surface area contributed by atoms with Gasteiger partial charge in [-0.2, -0.15) is 0 Å². The summed E-state index contributed by atoms with van der Waals surface area (Å²) < 4.78 is 5.73. The van der Waals surface area contributed by atoms with E-state index in [1.54, 1.807) is 6.20 Å². The van der Waals surface area contributed by atoms with Crippen LogP contribution in [0.3, 0.4) is 0 Å². The van der Waals surface area contributed by atoms with E-state index in [4.69, 9.17) is 9.84 Å². The van der Waals surface area contributed by atoms with Crippen LogP contribution >= 0.6 is 0 Å². The van der Waals surface area contributed by atoms with E-state index < -0.39 is 5.97 Å². The second-order valence-corrected chi connectivity index (χ2v) is 4.67. The molecule has 2 heterocycles.